The zero-order chi connectivity index (χ0) is 12.4. The second kappa shape index (κ2) is 4.89. The van der Waals surface area contributed by atoms with Crippen molar-refractivity contribution in [3.8, 4) is 0 Å². The van der Waals surface area contributed by atoms with E-state index in [4.69, 9.17) is 17.3 Å². The minimum atomic E-state index is 0.192. The third-order valence-electron chi connectivity index (χ3n) is 2.60. The van der Waals surface area contributed by atoms with Crippen LogP contribution in [0, 0.1) is 0 Å². The molecule has 0 fully saturated rings. The molecule has 6 heteroatoms. The van der Waals surface area contributed by atoms with Gasteiger partial charge in [0.05, 0.1) is 6.04 Å². The van der Waals surface area contributed by atoms with E-state index in [1.165, 1.54) is 4.88 Å². The van der Waals surface area contributed by atoms with E-state index in [-0.39, 0.29) is 12.0 Å². The van der Waals surface area contributed by atoms with Crippen molar-refractivity contribution in [3.63, 3.8) is 0 Å². The SMILES string of the molecule is CC(c1cccs1)N(C)c1cc(Cl)nc(N)n1. The zero-order valence-corrected chi connectivity index (χ0v) is 11.2. The van der Waals surface area contributed by atoms with E-state index in [0.29, 0.717) is 5.15 Å². The molecule has 2 N–H and O–H groups in total. The summed E-state index contributed by atoms with van der Waals surface area (Å²) in [7, 11) is 1.96. The van der Waals surface area contributed by atoms with Gasteiger partial charge in [-0.3, -0.25) is 0 Å². The molecule has 0 bridgehead atoms. The molecule has 0 saturated heterocycles. The number of nitrogen functional groups attached to an aromatic ring is 1. The largest absolute Gasteiger partial charge is 0.368 e. The third-order valence-corrected chi connectivity index (χ3v) is 3.83. The molecule has 0 aliphatic carbocycles. The van der Waals surface area contributed by atoms with Gasteiger partial charge in [0.25, 0.3) is 0 Å². The number of nitrogens with two attached hydrogens (primary N) is 1. The smallest absolute Gasteiger partial charge is 0.223 e. The van der Waals surface area contributed by atoms with Crippen molar-refractivity contribution in [2.75, 3.05) is 17.7 Å². The van der Waals surface area contributed by atoms with Crippen LogP contribution in [0.3, 0.4) is 0 Å². The molecule has 17 heavy (non-hydrogen) atoms. The molecule has 90 valence electrons. The number of hydrogen-bond donors (Lipinski definition) is 1. The minimum Gasteiger partial charge on any atom is -0.368 e. The summed E-state index contributed by atoms with van der Waals surface area (Å²) < 4.78 is 0. The molecule has 0 aliphatic heterocycles. The van der Waals surface area contributed by atoms with Gasteiger partial charge in [-0.15, -0.1) is 11.3 Å². The van der Waals surface area contributed by atoms with E-state index in [2.05, 4.69) is 28.3 Å². The Labute approximate surface area is 109 Å². The van der Waals surface area contributed by atoms with Crippen LogP contribution in [0.15, 0.2) is 23.6 Å². The molecule has 0 saturated carbocycles. The fraction of sp³-hybridized carbons (Fsp3) is 0.273. The molecule has 1 unspecified atom stereocenters. The van der Waals surface area contributed by atoms with E-state index in [1.54, 1.807) is 17.4 Å². The van der Waals surface area contributed by atoms with Gasteiger partial charge in [0.1, 0.15) is 11.0 Å². The lowest BCUT2D eigenvalue weighted by atomic mass is 10.2. The maximum absolute atomic E-state index is 5.87. The Morgan fingerprint density at radius 1 is 1.47 bits per heavy atom. The van der Waals surface area contributed by atoms with Crippen LogP contribution in [0.5, 0.6) is 0 Å². The fourth-order valence-corrected chi connectivity index (χ4v) is 2.53. The first kappa shape index (κ1) is 12.1. The van der Waals surface area contributed by atoms with Crippen LogP contribution in [0.25, 0.3) is 0 Å². The first-order valence-corrected chi connectivity index (χ1v) is 6.40. The molecule has 0 aliphatic rings. The molecule has 1 atom stereocenters. The number of rotatable bonds is 3. The Morgan fingerprint density at radius 2 is 2.24 bits per heavy atom. The highest BCUT2D eigenvalue weighted by Gasteiger charge is 2.15. The highest BCUT2D eigenvalue weighted by molar-refractivity contribution is 7.10. The zero-order valence-electron chi connectivity index (χ0n) is 9.59. The quantitative estimate of drug-likeness (QED) is 0.870. The van der Waals surface area contributed by atoms with Crippen molar-refractivity contribution < 1.29 is 0 Å². The first-order valence-electron chi connectivity index (χ1n) is 5.14. The lowest BCUT2D eigenvalue weighted by molar-refractivity contribution is 0.741. The van der Waals surface area contributed by atoms with Gasteiger partial charge in [0.15, 0.2) is 0 Å². The summed E-state index contributed by atoms with van der Waals surface area (Å²) >= 11 is 7.58. The molecule has 2 heterocycles. The molecular formula is C11H13ClN4S. The Kier molecular flexibility index (Phi) is 3.49. The highest BCUT2D eigenvalue weighted by Crippen LogP contribution is 2.28. The van der Waals surface area contributed by atoms with Gasteiger partial charge >= 0.3 is 0 Å². The molecule has 4 nitrogen and oxygen atoms in total. The first-order chi connectivity index (χ1) is 8.08. The molecule has 0 aromatic carbocycles. The van der Waals surface area contributed by atoms with Crippen molar-refractivity contribution >= 4 is 34.7 Å². The van der Waals surface area contributed by atoms with E-state index in [1.807, 2.05) is 18.0 Å². The lowest BCUT2D eigenvalue weighted by Crippen LogP contribution is -2.22. The van der Waals surface area contributed by atoms with Gasteiger partial charge in [-0.2, -0.15) is 4.98 Å². The molecule has 2 aromatic heterocycles. The number of halogens is 1. The lowest BCUT2D eigenvalue weighted by Gasteiger charge is -2.25. The summed E-state index contributed by atoms with van der Waals surface area (Å²) in [5.74, 6) is 0.918. The Hall–Kier alpha value is -1.33. The van der Waals surface area contributed by atoms with Gasteiger partial charge < -0.3 is 10.6 Å². The normalized spacial score (nSPS) is 12.4. The van der Waals surface area contributed by atoms with E-state index in [9.17, 15) is 0 Å². The predicted molar refractivity (Wildman–Crippen MR) is 72.6 cm³/mol. The maximum atomic E-state index is 5.87. The van der Waals surface area contributed by atoms with Gasteiger partial charge in [0.2, 0.25) is 5.95 Å². The van der Waals surface area contributed by atoms with Crippen LogP contribution in [-0.4, -0.2) is 17.0 Å². The molecule has 2 aromatic rings. The molecule has 0 spiro atoms. The third kappa shape index (κ3) is 2.68. The summed E-state index contributed by atoms with van der Waals surface area (Å²) in [6.07, 6.45) is 0. The average Bonchev–Trinajstić information content (AvgIpc) is 2.79. The van der Waals surface area contributed by atoms with Crippen LogP contribution in [-0.2, 0) is 0 Å². The summed E-state index contributed by atoms with van der Waals surface area (Å²) in [6, 6.07) is 6.06. The predicted octanol–water partition coefficient (Wildman–Crippen LogP) is 2.97. The van der Waals surface area contributed by atoms with Crippen LogP contribution < -0.4 is 10.6 Å². The Bertz CT molecular complexity index is 480. The van der Waals surface area contributed by atoms with Crippen LogP contribution >= 0.6 is 22.9 Å². The van der Waals surface area contributed by atoms with Crippen molar-refractivity contribution in [1.82, 2.24) is 9.97 Å². The second-order valence-corrected chi connectivity index (χ2v) is 5.08. The molecule has 0 radical (unpaired) electrons. The van der Waals surface area contributed by atoms with Gasteiger partial charge in [-0.25, -0.2) is 4.98 Å². The monoisotopic (exact) mass is 268 g/mol. The molecule has 0 amide bonds. The number of anilines is 2. The van der Waals surface area contributed by atoms with Crippen molar-refractivity contribution in [2.45, 2.75) is 13.0 Å². The number of aromatic nitrogens is 2. The maximum Gasteiger partial charge on any atom is 0.223 e. The summed E-state index contributed by atoms with van der Waals surface area (Å²) in [5, 5.41) is 2.42. The van der Waals surface area contributed by atoms with Crippen molar-refractivity contribution in [3.05, 3.63) is 33.6 Å². The molecule has 2 rings (SSSR count). The molecular weight excluding hydrogens is 256 g/mol. The van der Waals surface area contributed by atoms with Crippen LogP contribution in [0.1, 0.15) is 17.8 Å². The second-order valence-electron chi connectivity index (χ2n) is 3.71. The average molecular weight is 269 g/mol. The van der Waals surface area contributed by atoms with Gasteiger partial charge in [-0.1, -0.05) is 17.7 Å². The van der Waals surface area contributed by atoms with E-state index in [0.717, 1.165) is 5.82 Å². The van der Waals surface area contributed by atoms with Crippen LogP contribution in [0.2, 0.25) is 5.15 Å². The Balaban J connectivity index is 2.27. The standard InChI is InChI=1S/C11H13ClN4S/c1-7(8-4-3-5-17-8)16(2)10-6-9(12)14-11(13)15-10/h3-7H,1-2H3,(H2,13,14,15). The summed E-state index contributed by atoms with van der Waals surface area (Å²) in [4.78, 5) is 11.3. The minimum absolute atomic E-state index is 0.192. The number of nitrogens with zero attached hydrogens (tertiary/aromatic N) is 3. The van der Waals surface area contributed by atoms with E-state index < -0.39 is 0 Å². The van der Waals surface area contributed by atoms with Gasteiger partial charge in [0, 0.05) is 18.0 Å². The summed E-state index contributed by atoms with van der Waals surface area (Å²) in [5.41, 5.74) is 5.59. The number of thiophene rings is 1. The van der Waals surface area contributed by atoms with Gasteiger partial charge in [-0.05, 0) is 18.4 Å². The van der Waals surface area contributed by atoms with E-state index >= 15 is 0 Å². The van der Waals surface area contributed by atoms with Crippen molar-refractivity contribution in [1.29, 1.82) is 0 Å². The van der Waals surface area contributed by atoms with Crippen LogP contribution in [0.4, 0.5) is 11.8 Å². The van der Waals surface area contributed by atoms with Crippen molar-refractivity contribution in [2.24, 2.45) is 0 Å². The highest BCUT2D eigenvalue weighted by atomic mass is 35.5. The fourth-order valence-electron chi connectivity index (χ4n) is 1.52. The topological polar surface area (TPSA) is 55.0 Å². The Morgan fingerprint density at radius 3 is 2.82 bits per heavy atom. The number of hydrogen-bond acceptors (Lipinski definition) is 5. The summed E-state index contributed by atoms with van der Waals surface area (Å²) in [6.45, 7) is 2.11.